The van der Waals surface area contributed by atoms with Gasteiger partial charge in [-0.3, -0.25) is 20.1 Å². The molecule has 8 nitrogen and oxygen atoms in total. The van der Waals surface area contributed by atoms with Crippen molar-refractivity contribution in [2.24, 2.45) is 4.99 Å². The van der Waals surface area contributed by atoms with Gasteiger partial charge in [0, 0.05) is 60.9 Å². The smallest absolute Gasteiger partial charge is 0.116 e. The Labute approximate surface area is 185 Å². The number of aromatic nitrogens is 5. The minimum atomic E-state index is 0.631. The van der Waals surface area contributed by atoms with E-state index in [4.69, 9.17) is 0 Å². The summed E-state index contributed by atoms with van der Waals surface area (Å²) in [5, 5.41) is 8.76. The Morgan fingerprint density at radius 2 is 1.91 bits per heavy atom. The zero-order chi connectivity index (χ0) is 21.5. The van der Waals surface area contributed by atoms with Crippen LogP contribution < -0.4 is 0 Å². The first-order valence-electron chi connectivity index (χ1n) is 10.9. The number of hydrogen-bond donors (Lipinski definition) is 2. The Bertz CT molecular complexity index is 1320. The van der Waals surface area contributed by atoms with Crippen molar-refractivity contribution in [3.63, 3.8) is 0 Å². The van der Waals surface area contributed by atoms with Crippen molar-refractivity contribution >= 4 is 22.8 Å². The summed E-state index contributed by atoms with van der Waals surface area (Å²) in [5.74, 6) is 0. The molecule has 0 unspecified atom stereocenters. The molecule has 1 saturated heterocycles. The predicted octanol–water partition coefficient (Wildman–Crippen LogP) is 3.19. The summed E-state index contributed by atoms with van der Waals surface area (Å²) in [6.45, 7) is 4.79. The van der Waals surface area contributed by atoms with Gasteiger partial charge in [-0.25, -0.2) is 0 Å². The maximum atomic E-state index is 4.62. The zero-order valence-electron chi connectivity index (χ0n) is 17.9. The van der Waals surface area contributed by atoms with Gasteiger partial charge in [0.15, 0.2) is 0 Å². The molecule has 32 heavy (non-hydrogen) atoms. The lowest BCUT2D eigenvalue weighted by molar-refractivity contribution is 0.207. The first kappa shape index (κ1) is 18.9. The number of allylic oxidation sites excluding steroid dienone is 1. The van der Waals surface area contributed by atoms with Crippen LogP contribution in [0.5, 0.6) is 0 Å². The highest BCUT2D eigenvalue weighted by molar-refractivity contribution is 5.95. The normalized spacial score (nSPS) is 16.8. The van der Waals surface area contributed by atoms with E-state index in [9.17, 15) is 0 Å². The Hall–Kier alpha value is -3.78. The quantitative estimate of drug-likeness (QED) is 0.527. The van der Waals surface area contributed by atoms with Gasteiger partial charge in [0.25, 0.3) is 0 Å². The van der Waals surface area contributed by atoms with Crippen molar-refractivity contribution in [3.8, 4) is 22.8 Å². The molecule has 4 aromatic heterocycles. The summed E-state index contributed by atoms with van der Waals surface area (Å²) in [5.41, 5.74) is 8.00. The molecule has 2 aliphatic rings. The van der Waals surface area contributed by atoms with E-state index in [1.165, 1.54) is 11.3 Å². The number of aromatic amines is 2. The molecule has 0 atom stereocenters. The molecule has 0 aliphatic carbocycles. The van der Waals surface area contributed by atoms with Crippen molar-refractivity contribution in [1.82, 2.24) is 34.9 Å². The number of fused-ring (bicyclic) bond motifs is 2. The van der Waals surface area contributed by atoms with E-state index >= 15 is 0 Å². The van der Waals surface area contributed by atoms with E-state index in [0.717, 1.165) is 65.6 Å². The van der Waals surface area contributed by atoms with Crippen molar-refractivity contribution < 1.29 is 0 Å². The van der Waals surface area contributed by atoms with E-state index in [1.807, 2.05) is 30.6 Å². The monoisotopic (exact) mass is 424 g/mol. The molecule has 6 heterocycles. The van der Waals surface area contributed by atoms with E-state index in [1.54, 1.807) is 6.20 Å². The molecule has 6 rings (SSSR count). The molecule has 2 aliphatic heterocycles. The second-order valence-corrected chi connectivity index (χ2v) is 8.31. The highest BCUT2D eigenvalue weighted by Gasteiger charge is 2.23. The maximum Gasteiger partial charge on any atom is 0.116 e. The standard InChI is InChI=1S/C24H24N8/c1-31-8-10-32(11-9-31)23-5-7-25-14-21-16(23)12-20(28-21)24-17-13-19(18-4-2-3-6-26-18)27-15-22(17)29-30-24/h2-7,12-13,15,28H,8-11,14H2,1H3,(H,29,30). The first-order valence-corrected chi connectivity index (χ1v) is 10.9. The molecule has 0 spiro atoms. The van der Waals surface area contributed by atoms with E-state index in [-0.39, 0.29) is 0 Å². The number of likely N-dealkylation sites (N-methyl/N-ethyl adjacent to an activating group) is 1. The van der Waals surface area contributed by atoms with E-state index < -0.39 is 0 Å². The number of nitrogens with zero attached hydrogens (tertiary/aromatic N) is 6. The molecule has 160 valence electrons. The predicted molar refractivity (Wildman–Crippen MR) is 126 cm³/mol. The Morgan fingerprint density at radius 1 is 1.00 bits per heavy atom. The molecule has 0 amide bonds. The number of aliphatic imine (C=N–C) groups is 1. The molecule has 0 aromatic carbocycles. The van der Waals surface area contributed by atoms with Crippen LogP contribution in [0.1, 0.15) is 11.3 Å². The zero-order valence-corrected chi connectivity index (χ0v) is 17.9. The summed E-state index contributed by atoms with van der Waals surface area (Å²) in [7, 11) is 2.18. The highest BCUT2D eigenvalue weighted by Crippen LogP contribution is 2.33. The molecular formula is C24H24N8. The second-order valence-electron chi connectivity index (χ2n) is 8.31. The van der Waals surface area contributed by atoms with E-state index in [2.05, 4.69) is 65.2 Å². The SMILES string of the molecule is CN1CCN(C2=CC=NCc3[nH]c(-c4n[nH]c5cnc(-c6ccccn6)cc45)cc32)CC1. The minimum Gasteiger partial charge on any atom is -0.368 e. The number of hydrogen-bond acceptors (Lipinski definition) is 6. The van der Waals surface area contributed by atoms with Gasteiger partial charge >= 0.3 is 0 Å². The van der Waals surface area contributed by atoms with Gasteiger partial charge in [0.1, 0.15) is 5.69 Å². The average molecular weight is 425 g/mol. The fraction of sp³-hybridized carbons (Fsp3) is 0.250. The largest absolute Gasteiger partial charge is 0.368 e. The number of H-pyrrole nitrogens is 2. The Kier molecular flexibility index (Phi) is 4.57. The first-order chi connectivity index (χ1) is 15.8. The fourth-order valence-electron chi connectivity index (χ4n) is 4.43. The van der Waals surface area contributed by atoms with Crippen LogP contribution in [0.3, 0.4) is 0 Å². The highest BCUT2D eigenvalue weighted by atomic mass is 15.3. The third kappa shape index (κ3) is 3.29. The average Bonchev–Trinajstić information content (AvgIpc) is 3.39. The molecule has 0 radical (unpaired) electrons. The van der Waals surface area contributed by atoms with Gasteiger partial charge in [0.05, 0.1) is 35.3 Å². The van der Waals surface area contributed by atoms with Crippen LogP contribution in [0, 0.1) is 0 Å². The molecule has 0 bridgehead atoms. The summed E-state index contributed by atoms with van der Waals surface area (Å²) >= 11 is 0. The summed E-state index contributed by atoms with van der Waals surface area (Å²) < 4.78 is 0. The van der Waals surface area contributed by atoms with E-state index in [0.29, 0.717) is 6.54 Å². The van der Waals surface area contributed by atoms with Crippen LogP contribution in [0.25, 0.3) is 39.4 Å². The van der Waals surface area contributed by atoms with Crippen LogP contribution in [0.4, 0.5) is 0 Å². The maximum absolute atomic E-state index is 4.62. The van der Waals surface area contributed by atoms with Crippen molar-refractivity contribution in [1.29, 1.82) is 0 Å². The fourth-order valence-corrected chi connectivity index (χ4v) is 4.43. The van der Waals surface area contributed by atoms with Gasteiger partial charge in [-0.1, -0.05) is 6.07 Å². The third-order valence-electron chi connectivity index (χ3n) is 6.24. The molecular weight excluding hydrogens is 400 g/mol. The topological polar surface area (TPSA) is 89.1 Å². The Morgan fingerprint density at radius 3 is 2.75 bits per heavy atom. The second kappa shape index (κ2) is 7.72. The minimum absolute atomic E-state index is 0.631. The summed E-state index contributed by atoms with van der Waals surface area (Å²) in [6, 6.07) is 10.1. The van der Waals surface area contributed by atoms with Crippen molar-refractivity contribution in [3.05, 3.63) is 60.1 Å². The molecule has 2 N–H and O–H groups in total. The molecule has 1 fully saturated rings. The van der Waals surface area contributed by atoms with Crippen LogP contribution >= 0.6 is 0 Å². The molecule has 4 aromatic rings. The van der Waals surface area contributed by atoms with Crippen LogP contribution in [0.2, 0.25) is 0 Å². The lowest BCUT2D eigenvalue weighted by Gasteiger charge is -2.35. The van der Waals surface area contributed by atoms with Crippen LogP contribution in [-0.4, -0.2) is 74.4 Å². The van der Waals surface area contributed by atoms with Crippen LogP contribution in [-0.2, 0) is 6.54 Å². The summed E-state index contributed by atoms with van der Waals surface area (Å²) in [6.07, 6.45) is 7.67. The summed E-state index contributed by atoms with van der Waals surface area (Å²) in [4.78, 5) is 22.0. The van der Waals surface area contributed by atoms with Gasteiger partial charge < -0.3 is 14.8 Å². The third-order valence-corrected chi connectivity index (χ3v) is 6.24. The molecule has 8 heteroatoms. The van der Waals surface area contributed by atoms with Crippen molar-refractivity contribution in [2.75, 3.05) is 33.2 Å². The van der Waals surface area contributed by atoms with Crippen molar-refractivity contribution in [2.45, 2.75) is 6.54 Å². The lowest BCUT2D eigenvalue weighted by Crippen LogP contribution is -2.43. The lowest BCUT2D eigenvalue weighted by atomic mass is 10.1. The number of nitrogens with one attached hydrogen (secondary N) is 2. The van der Waals surface area contributed by atoms with Gasteiger partial charge in [-0.2, -0.15) is 5.10 Å². The Balaban J connectivity index is 1.41. The number of piperazine rings is 1. The van der Waals surface area contributed by atoms with Gasteiger partial charge in [-0.05, 0) is 37.4 Å². The van der Waals surface area contributed by atoms with Gasteiger partial charge in [0.2, 0.25) is 0 Å². The molecule has 0 saturated carbocycles. The number of rotatable bonds is 3. The van der Waals surface area contributed by atoms with Gasteiger partial charge in [-0.15, -0.1) is 0 Å². The van der Waals surface area contributed by atoms with Crippen LogP contribution in [0.15, 0.2) is 53.8 Å². The number of pyridine rings is 2.